The second-order valence-electron chi connectivity index (χ2n) is 4.62. The Labute approximate surface area is 106 Å². The minimum absolute atomic E-state index is 0.166. The quantitative estimate of drug-likeness (QED) is 0.626. The van der Waals surface area contributed by atoms with Crippen molar-refractivity contribution in [1.82, 2.24) is 10.2 Å². The van der Waals surface area contributed by atoms with Crippen LogP contribution in [-0.2, 0) is 9.53 Å². The normalized spacial score (nSPS) is 13.1. The number of ether oxygens (including phenoxy) is 1. The fourth-order valence-corrected chi connectivity index (χ4v) is 1.77. The Balaban J connectivity index is 4.40. The highest BCUT2D eigenvalue weighted by Crippen LogP contribution is 2.03. The summed E-state index contributed by atoms with van der Waals surface area (Å²) in [5.74, 6) is -0.166. The Hall–Kier alpha value is -0.610. The lowest BCUT2D eigenvalue weighted by Crippen LogP contribution is -2.49. The van der Waals surface area contributed by atoms with Crippen LogP contribution in [0.2, 0.25) is 0 Å². The van der Waals surface area contributed by atoms with E-state index in [0.29, 0.717) is 6.04 Å². The number of hydrogen-bond donors (Lipinski definition) is 1. The first kappa shape index (κ1) is 16.4. The van der Waals surface area contributed by atoms with Crippen LogP contribution in [0.3, 0.4) is 0 Å². The van der Waals surface area contributed by atoms with Gasteiger partial charge in [-0.2, -0.15) is 0 Å². The Morgan fingerprint density at radius 3 is 2.35 bits per heavy atom. The first-order valence-corrected chi connectivity index (χ1v) is 6.62. The maximum Gasteiger partial charge on any atom is 0.324 e. The van der Waals surface area contributed by atoms with Gasteiger partial charge < -0.3 is 10.1 Å². The van der Waals surface area contributed by atoms with Crippen molar-refractivity contribution in [2.45, 2.75) is 52.6 Å². The maximum atomic E-state index is 11.7. The maximum absolute atomic E-state index is 11.7. The van der Waals surface area contributed by atoms with Gasteiger partial charge in [0.2, 0.25) is 0 Å². The molecule has 0 radical (unpaired) electrons. The highest BCUT2D eigenvalue weighted by atomic mass is 16.5. The molecule has 0 saturated carbocycles. The van der Waals surface area contributed by atoms with Crippen molar-refractivity contribution in [3.8, 4) is 0 Å². The molecule has 0 aromatic carbocycles. The fraction of sp³-hybridized carbons (Fsp3) is 0.923. The van der Waals surface area contributed by atoms with Gasteiger partial charge in [-0.05, 0) is 39.8 Å². The molecule has 0 aliphatic rings. The molecule has 0 aromatic heterocycles. The van der Waals surface area contributed by atoms with Gasteiger partial charge in [-0.3, -0.25) is 9.69 Å². The SMILES string of the molecule is CCCNC(CN(CCC)C(C)C)C(=O)OC. The Bertz CT molecular complexity index is 208. The summed E-state index contributed by atoms with van der Waals surface area (Å²) in [4.78, 5) is 14.0. The minimum Gasteiger partial charge on any atom is -0.468 e. The number of hydrogen-bond acceptors (Lipinski definition) is 4. The van der Waals surface area contributed by atoms with E-state index in [1.165, 1.54) is 7.11 Å². The summed E-state index contributed by atoms with van der Waals surface area (Å²) in [6, 6.07) is 0.236. The highest BCUT2D eigenvalue weighted by molar-refractivity contribution is 5.75. The second kappa shape index (κ2) is 9.42. The van der Waals surface area contributed by atoms with E-state index in [-0.39, 0.29) is 12.0 Å². The first-order chi connectivity index (χ1) is 8.06. The zero-order valence-electron chi connectivity index (χ0n) is 12.0. The summed E-state index contributed by atoms with van der Waals surface area (Å²) >= 11 is 0. The van der Waals surface area contributed by atoms with E-state index < -0.39 is 0 Å². The summed E-state index contributed by atoms with van der Waals surface area (Å²) in [5.41, 5.74) is 0. The highest BCUT2D eigenvalue weighted by Gasteiger charge is 2.22. The average Bonchev–Trinajstić information content (AvgIpc) is 2.31. The predicted molar refractivity (Wildman–Crippen MR) is 71.1 cm³/mol. The molecule has 1 atom stereocenters. The molecule has 4 nitrogen and oxygen atoms in total. The zero-order chi connectivity index (χ0) is 13.3. The molecule has 17 heavy (non-hydrogen) atoms. The third-order valence-corrected chi connectivity index (χ3v) is 2.78. The number of rotatable bonds is 9. The van der Waals surface area contributed by atoms with Crippen LogP contribution >= 0.6 is 0 Å². The van der Waals surface area contributed by atoms with E-state index in [0.717, 1.165) is 32.5 Å². The van der Waals surface area contributed by atoms with Crippen molar-refractivity contribution in [1.29, 1.82) is 0 Å². The molecule has 0 aliphatic carbocycles. The predicted octanol–water partition coefficient (Wildman–Crippen LogP) is 1.65. The van der Waals surface area contributed by atoms with Gasteiger partial charge in [0.1, 0.15) is 6.04 Å². The van der Waals surface area contributed by atoms with Gasteiger partial charge in [0, 0.05) is 12.6 Å². The molecule has 1 N–H and O–H groups in total. The van der Waals surface area contributed by atoms with Gasteiger partial charge in [0.15, 0.2) is 0 Å². The number of carbonyl (C=O) groups excluding carboxylic acids is 1. The van der Waals surface area contributed by atoms with Crippen LogP contribution in [0.25, 0.3) is 0 Å². The van der Waals surface area contributed by atoms with E-state index in [4.69, 9.17) is 4.74 Å². The van der Waals surface area contributed by atoms with Crippen molar-refractivity contribution in [3.05, 3.63) is 0 Å². The smallest absolute Gasteiger partial charge is 0.324 e. The van der Waals surface area contributed by atoms with Gasteiger partial charge in [-0.25, -0.2) is 0 Å². The summed E-state index contributed by atoms with van der Waals surface area (Å²) < 4.78 is 4.84. The van der Waals surface area contributed by atoms with Crippen LogP contribution in [0.15, 0.2) is 0 Å². The molecule has 0 amide bonds. The number of carbonyl (C=O) groups is 1. The lowest BCUT2D eigenvalue weighted by Gasteiger charge is -2.29. The molecule has 0 aromatic rings. The number of nitrogens with zero attached hydrogens (tertiary/aromatic N) is 1. The van der Waals surface area contributed by atoms with Crippen LogP contribution in [0.4, 0.5) is 0 Å². The molecule has 0 heterocycles. The molecule has 0 bridgehead atoms. The summed E-state index contributed by atoms with van der Waals surface area (Å²) in [5, 5.41) is 3.25. The largest absolute Gasteiger partial charge is 0.468 e. The van der Waals surface area contributed by atoms with Crippen molar-refractivity contribution < 1.29 is 9.53 Å². The van der Waals surface area contributed by atoms with Crippen LogP contribution in [0.5, 0.6) is 0 Å². The second-order valence-corrected chi connectivity index (χ2v) is 4.62. The van der Waals surface area contributed by atoms with Crippen molar-refractivity contribution in [2.75, 3.05) is 26.7 Å². The summed E-state index contributed by atoms with van der Waals surface area (Å²) in [6.45, 7) is 11.1. The van der Waals surface area contributed by atoms with E-state index in [1.54, 1.807) is 0 Å². The van der Waals surface area contributed by atoms with Crippen LogP contribution in [-0.4, -0.2) is 49.7 Å². The lowest BCUT2D eigenvalue weighted by atomic mass is 10.2. The molecule has 102 valence electrons. The van der Waals surface area contributed by atoms with E-state index in [9.17, 15) is 4.79 Å². The van der Waals surface area contributed by atoms with Crippen LogP contribution in [0, 0.1) is 0 Å². The van der Waals surface area contributed by atoms with Crippen molar-refractivity contribution >= 4 is 5.97 Å². The molecule has 0 aliphatic heterocycles. The van der Waals surface area contributed by atoms with Crippen molar-refractivity contribution in [2.24, 2.45) is 0 Å². The summed E-state index contributed by atoms with van der Waals surface area (Å²) in [7, 11) is 1.45. The van der Waals surface area contributed by atoms with E-state index in [1.807, 2.05) is 0 Å². The van der Waals surface area contributed by atoms with Crippen LogP contribution < -0.4 is 5.32 Å². The molecule has 0 rings (SSSR count). The molecule has 4 heteroatoms. The molecule has 0 fully saturated rings. The molecule has 1 unspecified atom stereocenters. The van der Waals surface area contributed by atoms with E-state index >= 15 is 0 Å². The third-order valence-electron chi connectivity index (χ3n) is 2.78. The monoisotopic (exact) mass is 244 g/mol. The molecule has 0 spiro atoms. The van der Waals surface area contributed by atoms with Gasteiger partial charge in [-0.1, -0.05) is 13.8 Å². The first-order valence-electron chi connectivity index (χ1n) is 6.62. The fourth-order valence-electron chi connectivity index (χ4n) is 1.77. The summed E-state index contributed by atoms with van der Waals surface area (Å²) in [6.07, 6.45) is 2.11. The Morgan fingerprint density at radius 2 is 1.94 bits per heavy atom. The van der Waals surface area contributed by atoms with E-state index in [2.05, 4.69) is 37.9 Å². The average molecular weight is 244 g/mol. The van der Waals surface area contributed by atoms with Gasteiger partial charge in [-0.15, -0.1) is 0 Å². The Kier molecular flexibility index (Phi) is 9.09. The third kappa shape index (κ3) is 6.64. The minimum atomic E-state index is -0.214. The topological polar surface area (TPSA) is 41.6 Å². The molecular weight excluding hydrogens is 216 g/mol. The Morgan fingerprint density at radius 1 is 1.29 bits per heavy atom. The molecular formula is C13H28N2O2. The number of nitrogens with one attached hydrogen (secondary N) is 1. The standard InChI is InChI=1S/C13H28N2O2/c1-6-8-14-12(13(16)17-5)10-15(9-7-2)11(3)4/h11-12,14H,6-10H2,1-5H3. The lowest BCUT2D eigenvalue weighted by molar-refractivity contribution is -0.143. The van der Waals surface area contributed by atoms with Gasteiger partial charge >= 0.3 is 5.97 Å². The van der Waals surface area contributed by atoms with Crippen molar-refractivity contribution in [3.63, 3.8) is 0 Å². The zero-order valence-corrected chi connectivity index (χ0v) is 12.0. The number of esters is 1. The molecule has 0 saturated heterocycles. The van der Waals surface area contributed by atoms with Crippen LogP contribution in [0.1, 0.15) is 40.5 Å². The number of methoxy groups -OCH3 is 1. The van der Waals surface area contributed by atoms with Gasteiger partial charge in [0.05, 0.1) is 7.11 Å². The van der Waals surface area contributed by atoms with Gasteiger partial charge in [0.25, 0.3) is 0 Å².